The Balaban J connectivity index is 1.68. The standard InChI is InChI=1S/C27H27Br2N3O4/c1-17(9-5-8-14-24(33)32-23-13-7-6-12-22(23)30)26(20-15-18(28)16-21(29)25(20)34)36-27(35)31-19-10-3-2-4-11-19/h2-4,6-8,10-17,26,34H,5,9,30H2,1H3,(H,31,35)(H,32,33)/b14-8+/t17-,26-/m1/s1. The lowest BCUT2D eigenvalue weighted by Gasteiger charge is -2.26. The number of nitrogens with one attached hydrogen (secondary N) is 2. The van der Waals surface area contributed by atoms with Crippen molar-refractivity contribution in [3.8, 4) is 5.75 Å². The molecule has 0 saturated carbocycles. The molecule has 0 aliphatic heterocycles. The van der Waals surface area contributed by atoms with Crippen molar-refractivity contribution in [3.63, 3.8) is 0 Å². The van der Waals surface area contributed by atoms with Gasteiger partial charge in [-0.15, -0.1) is 0 Å². The second-order valence-corrected chi connectivity index (χ2v) is 9.95. The molecule has 0 saturated heterocycles. The molecular weight excluding hydrogens is 590 g/mol. The summed E-state index contributed by atoms with van der Waals surface area (Å²) in [6.45, 7) is 1.92. The zero-order valence-corrected chi connectivity index (χ0v) is 22.8. The third-order valence-corrected chi connectivity index (χ3v) is 6.47. The third kappa shape index (κ3) is 7.86. The number of hydrogen-bond acceptors (Lipinski definition) is 5. The number of benzene rings is 3. The number of hydrogen-bond donors (Lipinski definition) is 4. The molecule has 0 aliphatic rings. The van der Waals surface area contributed by atoms with Crippen LogP contribution in [-0.4, -0.2) is 17.1 Å². The Bertz CT molecular complexity index is 1230. The van der Waals surface area contributed by atoms with E-state index in [1.54, 1.807) is 54.6 Å². The molecule has 0 unspecified atom stereocenters. The zero-order valence-electron chi connectivity index (χ0n) is 19.6. The highest BCUT2D eigenvalue weighted by Gasteiger charge is 2.27. The molecule has 0 fully saturated rings. The Kier molecular flexibility index (Phi) is 9.95. The summed E-state index contributed by atoms with van der Waals surface area (Å²) in [5, 5.41) is 16.2. The number of phenols is 1. The lowest BCUT2D eigenvalue weighted by molar-refractivity contribution is -0.111. The van der Waals surface area contributed by atoms with E-state index in [0.29, 0.717) is 39.9 Å². The van der Waals surface area contributed by atoms with E-state index in [0.717, 1.165) is 4.47 Å². The first-order valence-electron chi connectivity index (χ1n) is 11.3. The van der Waals surface area contributed by atoms with E-state index in [1.165, 1.54) is 6.08 Å². The molecule has 0 heterocycles. The second kappa shape index (κ2) is 13.1. The van der Waals surface area contributed by atoms with Gasteiger partial charge in [0.1, 0.15) is 11.9 Å². The molecule has 0 aliphatic carbocycles. The first-order chi connectivity index (χ1) is 17.2. The van der Waals surface area contributed by atoms with Crippen molar-refractivity contribution < 1.29 is 19.4 Å². The van der Waals surface area contributed by atoms with Gasteiger partial charge in [0.25, 0.3) is 0 Å². The average Bonchev–Trinajstić information content (AvgIpc) is 2.84. The van der Waals surface area contributed by atoms with Crippen LogP contribution in [0.1, 0.15) is 31.4 Å². The van der Waals surface area contributed by atoms with Crippen LogP contribution < -0.4 is 16.4 Å². The van der Waals surface area contributed by atoms with Crippen LogP contribution in [0.4, 0.5) is 21.9 Å². The van der Waals surface area contributed by atoms with Crippen LogP contribution in [0.2, 0.25) is 0 Å². The molecule has 188 valence electrons. The fourth-order valence-electron chi connectivity index (χ4n) is 3.56. The Morgan fingerprint density at radius 3 is 2.47 bits per heavy atom. The maximum Gasteiger partial charge on any atom is 0.412 e. The van der Waals surface area contributed by atoms with Crippen molar-refractivity contribution in [2.75, 3.05) is 16.4 Å². The van der Waals surface area contributed by atoms with E-state index >= 15 is 0 Å². The molecule has 0 aromatic heterocycles. The van der Waals surface area contributed by atoms with E-state index in [-0.39, 0.29) is 17.6 Å². The molecule has 3 aromatic carbocycles. The number of halogens is 2. The highest BCUT2D eigenvalue weighted by atomic mass is 79.9. The van der Waals surface area contributed by atoms with Crippen LogP contribution in [-0.2, 0) is 9.53 Å². The summed E-state index contributed by atoms with van der Waals surface area (Å²) in [6, 6.07) is 19.4. The topological polar surface area (TPSA) is 114 Å². The van der Waals surface area contributed by atoms with E-state index in [9.17, 15) is 14.7 Å². The van der Waals surface area contributed by atoms with E-state index in [1.807, 2.05) is 25.1 Å². The van der Waals surface area contributed by atoms with Crippen molar-refractivity contribution >= 4 is 60.9 Å². The molecular formula is C27H27Br2N3O4. The number of allylic oxidation sites excluding steroid dienone is 1. The van der Waals surface area contributed by atoms with Crippen LogP contribution in [0.15, 0.2) is 87.8 Å². The summed E-state index contributed by atoms with van der Waals surface area (Å²) in [5.74, 6) is -0.474. The zero-order chi connectivity index (χ0) is 26.1. The summed E-state index contributed by atoms with van der Waals surface area (Å²) in [5.41, 5.74) is 7.96. The summed E-state index contributed by atoms with van der Waals surface area (Å²) in [6.07, 6.45) is 2.96. The molecule has 0 bridgehead atoms. The Hall–Kier alpha value is -3.30. The van der Waals surface area contributed by atoms with Gasteiger partial charge in [-0.3, -0.25) is 10.1 Å². The normalized spacial score (nSPS) is 12.6. The lowest BCUT2D eigenvalue weighted by Crippen LogP contribution is -2.22. The average molecular weight is 617 g/mol. The quantitative estimate of drug-likeness (QED) is 0.148. The number of phenolic OH excluding ortho intramolecular Hbond substituents is 1. The van der Waals surface area contributed by atoms with E-state index in [4.69, 9.17) is 10.5 Å². The number of ether oxygens (including phenoxy) is 1. The number of anilines is 3. The van der Waals surface area contributed by atoms with Crippen LogP contribution >= 0.6 is 31.9 Å². The van der Waals surface area contributed by atoms with Crippen molar-refractivity contribution in [2.24, 2.45) is 5.92 Å². The molecule has 5 N–H and O–H groups in total. The van der Waals surface area contributed by atoms with Crippen LogP contribution in [0.3, 0.4) is 0 Å². The maximum absolute atomic E-state index is 12.7. The van der Waals surface area contributed by atoms with E-state index < -0.39 is 12.2 Å². The second-order valence-electron chi connectivity index (χ2n) is 8.18. The van der Waals surface area contributed by atoms with Crippen molar-refractivity contribution in [3.05, 3.63) is 93.4 Å². The number of rotatable bonds is 9. The minimum Gasteiger partial charge on any atom is -0.506 e. The highest BCUT2D eigenvalue weighted by Crippen LogP contribution is 2.40. The Morgan fingerprint density at radius 2 is 1.75 bits per heavy atom. The van der Waals surface area contributed by atoms with Gasteiger partial charge < -0.3 is 20.9 Å². The largest absolute Gasteiger partial charge is 0.506 e. The Morgan fingerprint density at radius 1 is 1.06 bits per heavy atom. The predicted octanol–water partition coefficient (Wildman–Crippen LogP) is 7.40. The van der Waals surface area contributed by atoms with Gasteiger partial charge in [0.2, 0.25) is 5.91 Å². The minimum absolute atomic E-state index is 0.00192. The molecule has 36 heavy (non-hydrogen) atoms. The number of amides is 2. The van der Waals surface area contributed by atoms with Gasteiger partial charge in [-0.25, -0.2) is 4.79 Å². The van der Waals surface area contributed by atoms with Crippen molar-refractivity contribution in [1.82, 2.24) is 0 Å². The van der Waals surface area contributed by atoms with Gasteiger partial charge in [-0.05, 0) is 77.2 Å². The molecule has 7 nitrogen and oxygen atoms in total. The van der Waals surface area contributed by atoms with Crippen molar-refractivity contribution in [2.45, 2.75) is 25.9 Å². The number of nitrogen functional groups attached to an aromatic ring is 1. The Labute approximate surface area is 227 Å². The fourth-order valence-corrected chi connectivity index (χ4v) is 4.82. The van der Waals surface area contributed by atoms with Gasteiger partial charge in [-0.2, -0.15) is 0 Å². The molecule has 3 rings (SSSR count). The van der Waals surface area contributed by atoms with Gasteiger partial charge in [0.15, 0.2) is 0 Å². The summed E-state index contributed by atoms with van der Waals surface area (Å²) in [7, 11) is 0. The van der Waals surface area contributed by atoms with E-state index in [2.05, 4.69) is 42.5 Å². The number of nitrogens with two attached hydrogens (primary N) is 1. The van der Waals surface area contributed by atoms with Gasteiger partial charge in [0, 0.05) is 15.7 Å². The number of carbonyl (C=O) groups is 2. The lowest BCUT2D eigenvalue weighted by atomic mass is 9.92. The summed E-state index contributed by atoms with van der Waals surface area (Å²) >= 11 is 6.78. The predicted molar refractivity (Wildman–Crippen MR) is 150 cm³/mol. The smallest absolute Gasteiger partial charge is 0.412 e. The SMILES string of the molecule is C[C@H](CC/C=C/C(=O)Nc1ccccc1N)[C@@H](OC(=O)Nc1ccccc1)c1cc(Br)cc(Br)c1O. The molecule has 0 spiro atoms. The van der Waals surface area contributed by atoms with Crippen LogP contribution in [0.5, 0.6) is 5.75 Å². The molecule has 0 radical (unpaired) electrons. The van der Waals surface area contributed by atoms with Gasteiger partial charge >= 0.3 is 6.09 Å². The van der Waals surface area contributed by atoms with Gasteiger partial charge in [0.05, 0.1) is 15.8 Å². The minimum atomic E-state index is -0.742. The van der Waals surface area contributed by atoms with Crippen LogP contribution in [0.25, 0.3) is 0 Å². The fraction of sp³-hybridized carbons (Fsp3) is 0.185. The molecule has 2 atom stereocenters. The highest BCUT2D eigenvalue weighted by molar-refractivity contribution is 9.11. The van der Waals surface area contributed by atoms with Gasteiger partial charge in [-0.1, -0.05) is 59.3 Å². The summed E-state index contributed by atoms with van der Waals surface area (Å²) < 4.78 is 7.00. The molecule has 3 aromatic rings. The first-order valence-corrected chi connectivity index (χ1v) is 12.9. The maximum atomic E-state index is 12.7. The third-order valence-electron chi connectivity index (χ3n) is 5.41. The monoisotopic (exact) mass is 615 g/mol. The number of para-hydroxylation sites is 3. The van der Waals surface area contributed by atoms with Crippen LogP contribution in [0, 0.1) is 5.92 Å². The molecule has 9 heteroatoms. The van der Waals surface area contributed by atoms with Crippen molar-refractivity contribution in [1.29, 1.82) is 0 Å². The molecule has 2 amide bonds. The number of carbonyl (C=O) groups excluding carboxylic acids is 2. The number of aromatic hydroxyl groups is 1. The summed E-state index contributed by atoms with van der Waals surface area (Å²) in [4.78, 5) is 24.9. The first kappa shape index (κ1) is 27.3.